The average Bonchev–Trinajstić information content (AvgIpc) is 2.73. The molecule has 7 heteroatoms. The molecule has 0 saturated heterocycles. The van der Waals surface area contributed by atoms with Crippen molar-refractivity contribution in [3.8, 4) is 6.07 Å². The van der Waals surface area contributed by atoms with Crippen LogP contribution >= 0.6 is 0 Å². The molecule has 6 nitrogen and oxygen atoms in total. The van der Waals surface area contributed by atoms with Gasteiger partial charge in [-0.2, -0.15) is 5.26 Å². The van der Waals surface area contributed by atoms with E-state index in [9.17, 15) is 9.18 Å². The van der Waals surface area contributed by atoms with Gasteiger partial charge in [0.15, 0.2) is 0 Å². The molecule has 0 saturated carbocycles. The second-order valence-corrected chi connectivity index (χ2v) is 6.06. The topological polar surface area (TPSA) is 90.7 Å². The number of pyridine rings is 2. The Hall–Kier alpha value is -3.79. The van der Waals surface area contributed by atoms with Crippen LogP contribution in [0, 0.1) is 17.1 Å². The number of aromatic nitrogens is 2. The number of amides is 1. The minimum absolute atomic E-state index is 0.206. The van der Waals surface area contributed by atoms with Crippen molar-refractivity contribution < 1.29 is 9.18 Å². The van der Waals surface area contributed by atoms with E-state index in [0.717, 1.165) is 11.1 Å². The van der Waals surface area contributed by atoms with Crippen molar-refractivity contribution in [2.45, 2.75) is 13.0 Å². The van der Waals surface area contributed by atoms with Crippen LogP contribution in [0.25, 0.3) is 0 Å². The van der Waals surface area contributed by atoms with Gasteiger partial charge in [0.2, 0.25) is 0 Å². The van der Waals surface area contributed by atoms with Gasteiger partial charge in [-0.3, -0.25) is 9.78 Å². The molecular weight excluding hydrogens is 357 g/mol. The molecular formula is C21H18FN5O. The third kappa shape index (κ3) is 5.11. The van der Waals surface area contributed by atoms with Crippen molar-refractivity contribution in [3.63, 3.8) is 0 Å². The molecule has 3 aromatic rings. The van der Waals surface area contributed by atoms with Gasteiger partial charge in [-0.15, -0.1) is 0 Å². The number of benzene rings is 1. The summed E-state index contributed by atoms with van der Waals surface area (Å²) in [6.45, 7) is 0.767. The van der Waals surface area contributed by atoms with Crippen LogP contribution in [-0.2, 0) is 13.0 Å². The summed E-state index contributed by atoms with van der Waals surface area (Å²) >= 11 is 0. The Bertz CT molecular complexity index is 1000. The van der Waals surface area contributed by atoms with Crippen LogP contribution < -0.4 is 10.6 Å². The molecule has 0 fully saturated rings. The zero-order valence-corrected chi connectivity index (χ0v) is 15.0. The van der Waals surface area contributed by atoms with Crippen molar-refractivity contribution in [2.24, 2.45) is 0 Å². The van der Waals surface area contributed by atoms with E-state index in [0.29, 0.717) is 30.9 Å². The third-order valence-corrected chi connectivity index (χ3v) is 4.03. The number of hydrogen-bond donors (Lipinski definition) is 2. The first kappa shape index (κ1) is 19.0. The lowest BCUT2D eigenvalue weighted by molar-refractivity contribution is 0.0951. The Morgan fingerprint density at radius 1 is 1.14 bits per heavy atom. The predicted molar refractivity (Wildman–Crippen MR) is 103 cm³/mol. The number of hydrogen-bond acceptors (Lipinski definition) is 5. The maximum absolute atomic E-state index is 13.3. The first-order chi connectivity index (χ1) is 13.7. The normalized spacial score (nSPS) is 10.1. The van der Waals surface area contributed by atoms with Crippen molar-refractivity contribution in [2.75, 3.05) is 11.9 Å². The van der Waals surface area contributed by atoms with Crippen LogP contribution in [0.15, 0.2) is 60.9 Å². The first-order valence-electron chi connectivity index (χ1n) is 8.72. The van der Waals surface area contributed by atoms with Gasteiger partial charge in [0.1, 0.15) is 23.4 Å². The van der Waals surface area contributed by atoms with Crippen molar-refractivity contribution in [1.29, 1.82) is 5.26 Å². The van der Waals surface area contributed by atoms with E-state index < -0.39 is 0 Å². The van der Waals surface area contributed by atoms with Gasteiger partial charge < -0.3 is 10.6 Å². The van der Waals surface area contributed by atoms with Gasteiger partial charge in [-0.25, -0.2) is 9.37 Å². The summed E-state index contributed by atoms with van der Waals surface area (Å²) in [5.41, 5.74) is 2.24. The monoisotopic (exact) mass is 375 g/mol. The highest BCUT2D eigenvalue weighted by atomic mass is 19.1. The van der Waals surface area contributed by atoms with Crippen LogP contribution in [0.3, 0.4) is 0 Å². The van der Waals surface area contributed by atoms with Crippen LogP contribution in [0.5, 0.6) is 0 Å². The maximum atomic E-state index is 13.3. The van der Waals surface area contributed by atoms with Crippen LogP contribution in [0.4, 0.5) is 10.2 Å². The molecule has 28 heavy (non-hydrogen) atoms. The van der Waals surface area contributed by atoms with E-state index >= 15 is 0 Å². The van der Waals surface area contributed by atoms with Gasteiger partial charge in [0, 0.05) is 25.5 Å². The number of nitrogens with zero attached hydrogens (tertiary/aromatic N) is 3. The molecule has 2 heterocycles. The Labute approximate surface area is 162 Å². The van der Waals surface area contributed by atoms with E-state index in [1.807, 2.05) is 18.2 Å². The number of nitriles is 1. The highest BCUT2D eigenvalue weighted by Gasteiger charge is 2.13. The van der Waals surface area contributed by atoms with Crippen molar-refractivity contribution >= 4 is 11.7 Å². The minimum Gasteiger partial charge on any atom is -0.369 e. The molecule has 0 aliphatic heterocycles. The zero-order chi connectivity index (χ0) is 19.8. The second-order valence-electron chi connectivity index (χ2n) is 6.06. The summed E-state index contributed by atoms with van der Waals surface area (Å²) in [5, 5.41) is 15.0. The Kier molecular flexibility index (Phi) is 6.26. The molecule has 0 atom stereocenters. The van der Waals surface area contributed by atoms with Gasteiger partial charge >= 0.3 is 0 Å². The summed E-state index contributed by atoms with van der Waals surface area (Å²) in [6.07, 6.45) is 3.89. The number of nitrogens with one attached hydrogen (secondary N) is 2. The van der Waals surface area contributed by atoms with E-state index in [1.54, 1.807) is 30.6 Å². The summed E-state index contributed by atoms with van der Waals surface area (Å²) in [5.74, 6) is -0.286. The molecule has 140 valence electrons. The Balaban J connectivity index is 1.68. The van der Waals surface area contributed by atoms with Crippen LogP contribution in [0.1, 0.15) is 27.2 Å². The van der Waals surface area contributed by atoms with Gasteiger partial charge in [0.25, 0.3) is 5.91 Å². The third-order valence-electron chi connectivity index (χ3n) is 4.03. The number of rotatable bonds is 7. The number of carbonyl (C=O) groups excluding carboxylic acids is 1. The van der Waals surface area contributed by atoms with E-state index in [-0.39, 0.29) is 17.4 Å². The second kappa shape index (κ2) is 9.24. The van der Waals surface area contributed by atoms with E-state index in [4.69, 9.17) is 5.26 Å². The average molecular weight is 375 g/mol. The largest absolute Gasteiger partial charge is 0.369 e. The van der Waals surface area contributed by atoms with E-state index in [2.05, 4.69) is 20.6 Å². The molecule has 0 unspecified atom stereocenters. The summed E-state index contributed by atoms with van der Waals surface area (Å²) in [4.78, 5) is 20.8. The molecule has 0 spiro atoms. The zero-order valence-electron chi connectivity index (χ0n) is 15.0. The lowest BCUT2D eigenvalue weighted by Crippen LogP contribution is -2.25. The lowest BCUT2D eigenvalue weighted by Gasteiger charge is -2.12. The number of carbonyl (C=O) groups is 1. The van der Waals surface area contributed by atoms with Gasteiger partial charge in [-0.05, 0) is 47.9 Å². The van der Waals surface area contributed by atoms with Crippen molar-refractivity contribution in [3.05, 3.63) is 89.1 Å². The fourth-order valence-corrected chi connectivity index (χ4v) is 2.64. The van der Waals surface area contributed by atoms with Crippen molar-refractivity contribution in [1.82, 2.24) is 15.3 Å². The predicted octanol–water partition coefficient (Wildman–Crippen LogP) is 3.07. The number of anilines is 1. The maximum Gasteiger partial charge on any atom is 0.255 e. The fourth-order valence-electron chi connectivity index (χ4n) is 2.64. The quantitative estimate of drug-likeness (QED) is 0.662. The number of halogens is 1. The smallest absolute Gasteiger partial charge is 0.255 e. The molecule has 1 amide bonds. The molecule has 0 bridgehead atoms. The molecule has 0 aliphatic carbocycles. The molecule has 0 aliphatic rings. The fraction of sp³-hybridized carbons (Fsp3) is 0.143. The first-order valence-corrected chi connectivity index (χ1v) is 8.72. The molecule has 2 N–H and O–H groups in total. The Morgan fingerprint density at radius 3 is 2.75 bits per heavy atom. The summed E-state index contributed by atoms with van der Waals surface area (Å²) in [6, 6.07) is 15.0. The molecule has 0 radical (unpaired) electrons. The van der Waals surface area contributed by atoms with Gasteiger partial charge in [-0.1, -0.05) is 18.2 Å². The summed E-state index contributed by atoms with van der Waals surface area (Å²) in [7, 11) is 0. The standard InChI is InChI=1S/C21H18FN5O/c22-17-5-1-3-15(11-17)8-10-25-20-19(7-6-18(12-23)27-20)21(28)26-14-16-4-2-9-24-13-16/h1-7,9,11,13H,8,10,14H2,(H,25,27)(H,26,28). The van der Waals surface area contributed by atoms with Crippen LogP contribution in [-0.4, -0.2) is 22.4 Å². The van der Waals surface area contributed by atoms with Crippen LogP contribution in [0.2, 0.25) is 0 Å². The SMILES string of the molecule is N#Cc1ccc(C(=O)NCc2cccnc2)c(NCCc2cccc(F)c2)n1. The Morgan fingerprint density at radius 2 is 2.00 bits per heavy atom. The minimum atomic E-state index is -0.311. The molecule has 1 aromatic carbocycles. The van der Waals surface area contributed by atoms with E-state index in [1.165, 1.54) is 18.2 Å². The lowest BCUT2D eigenvalue weighted by atomic mass is 10.1. The molecule has 2 aromatic heterocycles. The highest BCUT2D eigenvalue weighted by Crippen LogP contribution is 2.14. The highest BCUT2D eigenvalue weighted by molar-refractivity contribution is 5.98. The van der Waals surface area contributed by atoms with Gasteiger partial charge in [0.05, 0.1) is 5.56 Å². The molecule has 3 rings (SSSR count). The summed E-state index contributed by atoms with van der Waals surface area (Å²) < 4.78 is 13.3.